The molecule has 2 fully saturated rings. The third-order valence-electron chi connectivity index (χ3n) is 4.03. The van der Waals surface area contributed by atoms with Gasteiger partial charge in [0.2, 0.25) is 5.91 Å². The highest BCUT2D eigenvalue weighted by molar-refractivity contribution is 5.77. The Balaban J connectivity index is 1.88. The van der Waals surface area contributed by atoms with E-state index in [1.165, 1.54) is 12.8 Å². The van der Waals surface area contributed by atoms with Gasteiger partial charge in [-0.15, -0.1) is 0 Å². The number of hydrogen-bond acceptors (Lipinski definition) is 3. The SMILES string of the molecule is CC1CCN(C(=O)CC(N)C2CC2)C1CO. The number of rotatable bonds is 4. The summed E-state index contributed by atoms with van der Waals surface area (Å²) < 4.78 is 0. The number of amides is 1. The summed E-state index contributed by atoms with van der Waals surface area (Å²) in [5, 5.41) is 9.29. The van der Waals surface area contributed by atoms with Crippen molar-refractivity contribution in [2.75, 3.05) is 13.2 Å². The molecule has 0 aromatic carbocycles. The first-order chi connectivity index (χ1) is 7.63. The van der Waals surface area contributed by atoms with Crippen LogP contribution in [-0.4, -0.2) is 41.1 Å². The predicted octanol–water partition coefficient (Wildman–Crippen LogP) is 0.343. The lowest BCUT2D eigenvalue weighted by Gasteiger charge is -2.26. The fourth-order valence-electron chi connectivity index (χ4n) is 2.61. The second-order valence-corrected chi connectivity index (χ2v) is 5.31. The van der Waals surface area contributed by atoms with E-state index in [4.69, 9.17) is 5.73 Å². The number of aliphatic hydroxyl groups excluding tert-OH is 1. The average Bonchev–Trinajstić information content (AvgIpc) is 3.02. The van der Waals surface area contributed by atoms with Crippen molar-refractivity contribution in [1.29, 1.82) is 0 Å². The Hall–Kier alpha value is -0.610. The summed E-state index contributed by atoms with van der Waals surface area (Å²) in [6, 6.07) is 0.0432. The molecule has 0 radical (unpaired) electrons. The van der Waals surface area contributed by atoms with E-state index in [-0.39, 0.29) is 24.6 Å². The van der Waals surface area contributed by atoms with Crippen LogP contribution in [0.5, 0.6) is 0 Å². The van der Waals surface area contributed by atoms with Gasteiger partial charge in [-0.2, -0.15) is 0 Å². The van der Waals surface area contributed by atoms with Crippen LogP contribution in [0.4, 0.5) is 0 Å². The summed E-state index contributed by atoms with van der Waals surface area (Å²) in [6.07, 6.45) is 3.80. The van der Waals surface area contributed by atoms with Crippen LogP contribution in [0.25, 0.3) is 0 Å². The largest absolute Gasteiger partial charge is 0.394 e. The van der Waals surface area contributed by atoms with Gasteiger partial charge in [-0.25, -0.2) is 0 Å². The van der Waals surface area contributed by atoms with E-state index in [1.54, 1.807) is 0 Å². The van der Waals surface area contributed by atoms with E-state index in [1.807, 2.05) is 4.90 Å². The Morgan fingerprint density at radius 2 is 2.19 bits per heavy atom. The van der Waals surface area contributed by atoms with Gasteiger partial charge in [-0.05, 0) is 31.1 Å². The monoisotopic (exact) mass is 226 g/mol. The number of carbonyl (C=O) groups excluding carboxylic acids is 1. The zero-order chi connectivity index (χ0) is 11.7. The topological polar surface area (TPSA) is 66.6 Å². The minimum atomic E-state index is 0.0129. The normalized spacial score (nSPS) is 31.8. The van der Waals surface area contributed by atoms with Gasteiger partial charge in [0.15, 0.2) is 0 Å². The number of aliphatic hydroxyl groups is 1. The minimum absolute atomic E-state index is 0.0129. The van der Waals surface area contributed by atoms with Gasteiger partial charge in [-0.3, -0.25) is 4.79 Å². The number of hydrogen-bond donors (Lipinski definition) is 2. The highest BCUT2D eigenvalue weighted by Gasteiger charge is 2.36. The van der Waals surface area contributed by atoms with Crippen molar-refractivity contribution in [3.05, 3.63) is 0 Å². The summed E-state index contributed by atoms with van der Waals surface area (Å²) in [6.45, 7) is 2.95. The van der Waals surface area contributed by atoms with Crippen molar-refractivity contribution >= 4 is 5.91 Å². The Kier molecular flexibility index (Phi) is 3.50. The predicted molar refractivity (Wildman–Crippen MR) is 61.7 cm³/mol. The molecule has 1 heterocycles. The summed E-state index contributed by atoms with van der Waals surface area (Å²) in [7, 11) is 0. The Bertz CT molecular complexity index is 266. The maximum Gasteiger partial charge on any atom is 0.224 e. The second kappa shape index (κ2) is 4.72. The highest BCUT2D eigenvalue weighted by Crippen LogP contribution is 2.33. The second-order valence-electron chi connectivity index (χ2n) is 5.31. The molecule has 2 rings (SSSR count). The maximum absolute atomic E-state index is 12.0. The smallest absolute Gasteiger partial charge is 0.224 e. The third kappa shape index (κ3) is 2.38. The molecule has 1 aliphatic heterocycles. The number of likely N-dealkylation sites (tertiary alicyclic amines) is 1. The van der Waals surface area contributed by atoms with Crippen molar-refractivity contribution in [2.24, 2.45) is 17.6 Å². The van der Waals surface area contributed by atoms with Crippen LogP contribution < -0.4 is 5.73 Å². The van der Waals surface area contributed by atoms with Gasteiger partial charge in [0.25, 0.3) is 0 Å². The fraction of sp³-hybridized carbons (Fsp3) is 0.917. The molecular formula is C12H22N2O2. The molecule has 0 aromatic rings. The fourth-order valence-corrected chi connectivity index (χ4v) is 2.61. The lowest BCUT2D eigenvalue weighted by atomic mass is 10.0. The van der Waals surface area contributed by atoms with Gasteiger partial charge < -0.3 is 15.7 Å². The van der Waals surface area contributed by atoms with Crippen molar-refractivity contribution in [3.8, 4) is 0 Å². The van der Waals surface area contributed by atoms with Crippen LogP contribution >= 0.6 is 0 Å². The van der Waals surface area contributed by atoms with Crippen molar-refractivity contribution < 1.29 is 9.90 Å². The molecule has 4 heteroatoms. The van der Waals surface area contributed by atoms with Crippen LogP contribution in [0.1, 0.15) is 32.6 Å². The summed E-state index contributed by atoms with van der Waals surface area (Å²) in [5.74, 6) is 1.10. The highest BCUT2D eigenvalue weighted by atomic mass is 16.3. The van der Waals surface area contributed by atoms with Gasteiger partial charge in [-0.1, -0.05) is 6.92 Å². The maximum atomic E-state index is 12.0. The molecule has 0 spiro atoms. The standard InChI is InChI=1S/C12H22N2O2/c1-8-4-5-14(11(8)7-15)12(16)6-10(13)9-2-3-9/h8-11,15H,2-7,13H2,1H3. The van der Waals surface area contributed by atoms with E-state index >= 15 is 0 Å². The van der Waals surface area contributed by atoms with Gasteiger partial charge in [0.05, 0.1) is 12.6 Å². The Morgan fingerprint density at radius 3 is 2.75 bits per heavy atom. The van der Waals surface area contributed by atoms with Gasteiger partial charge >= 0.3 is 0 Å². The van der Waals surface area contributed by atoms with Crippen LogP contribution in [0.2, 0.25) is 0 Å². The van der Waals surface area contributed by atoms with E-state index in [2.05, 4.69) is 6.92 Å². The van der Waals surface area contributed by atoms with Gasteiger partial charge in [0, 0.05) is 19.0 Å². The zero-order valence-electron chi connectivity index (χ0n) is 9.93. The summed E-state index contributed by atoms with van der Waals surface area (Å²) in [5.41, 5.74) is 5.96. The molecule has 1 amide bonds. The average molecular weight is 226 g/mol. The molecule has 1 saturated carbocycles. The third-order valence-corrected chi connectivity index (χ3v) is 4.03. The number of nitrogens with two attached hydrogens (primary N) is 1. The van der Waals surface area contributed by atoms with Gasteiger partial charge in [0.1, 0.15) is 0 Å². The Morgan fingerprint density at radius 1 is 1.50 bits per heavy atom. The molecule has 3 unspecified atom stereocenters. The van der Waals surface area contributed by atoms with Crippen molar-refractivity contribution in [3.63, 3.8) is 0 Å². The molecule has 4 nitrogen and oxygen atoms in total. The number of carbonyl (C=O) groups is 1. The lowest BCUT2D eigenvalue weighted by Crippen LogP contribution is -2.42. The first-order valence-corrected chi connectivity index (χ1v) is 6.29. The molecule has 3 N–H and O–H groups in total. The van der Waals surface area contributed by atoms with Crippen LogP contribution in [-0.2, 0) is 4.79 Å². The molecule has 1 saturated heterocycles. The van der Waals surface area contributed by atoms with Crippen molar-refractivity contribution in [1.82, 2.24) is 4.90 Å². The molecule has 3 atom stereocenters. The summed E-state index contributed by atoms with van der Waals surface area (Å²) >= 11 is 0. The molecule has 92 valence electrons. The van der Waals surface area contributed by atoms with E-state index in [9.17, 15) is 9.90 Å². The zero-order valence-corrected chi connectivity index (χ0v) is 9.93. The molecule has 0 bridgehead atoms. The number of nitrogens with zero attached hydrogens (tertiary/aromatic N) is 1. The minimum Gasteiger partial charge on any atom is -0.394 e. The van der Waals surface area contributed by atoms with Crippen LogP contribution in [0.3, 0.4) is 0 Å². The van der Waals surface area contributed by atoms with E-state index in [0.29, 0.717) is 18.3 Å². The first kappa shape index (κ1) is 11.9. The molecule has 1 aliphatic carbocycles. The first-order valence-electron chi connectivity index (χ1n) is 6.29. The molecule has 2 aliphatic rings. The van der Waals surface area contributed by atoms with Crippen LogP contribution in [0.15, 0.2) is 0 Å². The van der Waals surface area contributed by atoms with E-state index < -0.39 is 0 Å². The van der Waals surface area contributed by atoms with Crippen molar-refractivity contribution in [2.45, 2.75) is 44.7 Å². The summed E-state index contributed by atoms with van der Waals surface area (Å²) in [4.78, 5) is 13.9. The van der Waals surface area contributed by atoms with E-state index in [0.717, 1.165) is 13.0 Å². The molecular weight excluding hydrogens is 204 g/mol. The quantitative estimate of drug-likeness (QED) is 0.726. The molecule has 16 heavy (non-hydrogen) atoms. The van der Waals surface area contributed by atoms with Crippen LogP contribution in [0, 0.1) is 11.8 Å². The lowest BCUT2D eigenvalue weighted by molar-refractivity contribution is -0.133. The Labute approximate surface area is 96.8 Å². The molecule has 0 aromatic heterocycles.